The lowest BCUT2D eigenvalue weighted by Gasteiger charge is -2.33. The van der Waals surface area contributed by atoms with E-state index in [1.807, 2.05) is 43.3 Å². The molecule has 0 unspecified atom stereocenters. The summed E-state index contributed by atoms with van der Waals surface area (Å²) in [4.78, 5) is 23.8. The van der Waals surface area contributed by atoms with Crippen LogP contribution in [0.4, 0.5) is 11.5 Å². The Hall–Kier alpha value is -3.48. The third kappa shape index (κ3) is 3.29. The Morgan fingerprint density at radius 2 is 1.90 bits per heavy atom. The molecule has 1 saturated heterocycles. The standard InChI is InChI=1S/C22H22N6O/c1-15-13-20(28-22(25-15)23-14-24-28)27-11-9-17(10-12-27)21(29)26-19-8-4-6-16-5-2-3-7-18(16)19/h2-8,13-14,17H,9-12H2,1H3,(H,26,29). The smallest absolute Gasteiger partial charge is 0.254 e. The molecule has 0 atom stereocenters. The van der Waals surface area contributed by atoms with E-state index in [-0.39, 0.29) is 11.8 Å². The van der Waals surface area contributed by atoms with Crippen LogP contribution in [0.2, 0.25) is 0 Å². The highest BCUT2D eigenvalue weighted by molar-refractivity contribution is 6.02. The summed E-state index contributed by atoms with van der Waals surface area (Å²) in [5.41, 5.74) is 1.79. The monoisotopic (exact) mass is 386 g/mol. The highest BCUT2D eigenvalue weighted by Gasteiger charge is 2.27. The first-order valence-electron chi connectivity index (χ1n) is 9.90. The topological polar surface area (TPSA) is 75.4 Å². The average Bonchev–Trinajstić information content (AvgIpc) is 3.22. The SMILES string of the molecule is Cc1cc(N2CCC(C(=O)Nc3cccc4ccccc34)CC2)n2ncnc2n1. The molecule has 1 fully saturated rings. The minimum Gasteiger partial charge on any atom is -0.356 e. The molecule has 1 aliphatic heterocycles. The number of piperidine rings is 1. The molecule has 0 radical (unpaired) electrons. The summed E-state index contributed by atoms with van der Waals surface area (Å²) in [6, 6.07) is 16.2. The molecule has 5 rings (SSSR count). The van der Waals surface area contributed by atoms with Crippen molar-refractivity contribution in [2.24, 2.45) is 5.92 Å². The van der Waals surface area contributed by atoms with E-state index >= 15 is 0 Å². The van der Waals surface area contributed by atoms with Gasteiger partial charge < -0.3 is 10.2 Å². The third-order valence-electron chi connectivity index (χ3n) is 5.60. The molecule has 1 amide bonds. The van der Waals surface area contributed by atoms with Gasteiger partial charge in [0.25, 0.3) is 5.78 Å². The van der Waals surface area contributed by atoms with Crippen LogP contribution in [0.3, 0.4) is 0 Å². The number of amides is 1. The van der Waals surface area contributed by atoms with Gasteiger partial charge in [-0.25, -0.2) is 4.98 Å². The van der Waals surface area contributed by atoms with Gasteiger partial charge in [0, 0.05) is 41.8 Å². The first kappa shape index (κ1) is 17.6. The fourth-order valence-corrected chi connectivity index (χ4v) is 4.08. The Labute approximate surface area is 168 Å². The van der Waals surface area contributed by atoms with Crippen LogP contribution in [0.1, 0.15) is 18.5 Å². The van der Waals surface area contributed by atoms with E-state index < -0.39 is 0 Å². The van der Waals surface area contributed by atoms with Crippen molar-refractivity contribution in [3.63, 3.8) is 0 Å². The van der Waals surface area contributed by atoms with Crippen molar-refractivity contribution in [1.29, 1.82) is 0 Å². The third-order valence-corrected chi connectivity index (χ3v) is 5.60. The Bertz CT molecular complexity index is 1190. The molecule has 146 valence electrons. The number of benzene rings is 2. The Kier molecular flexibility index (Phi) is 4.35. The fourth-order valence-electron chi connectivity index (χ4n) is 4.08. The van der Waals surface area contributed by atoms with E-state index in [1.54, 1.807) is 4.52 Å². The summed E-state index contributed by atoms with van der Waals surface area (Å²) in [6.07, 6.45) is 3.12. The molecule has 0 aliphatic carbocycles. The van der Waals surface area contributed by atoms with Crippen LogP contribution >= 0.6 is 0 Å². The van der Waals surface area contributed by atoms with Crippen LogP contribution in [-0.4, -0.2) is 38.6 Å². The quantitative estimate of drug-likeness (QED) is 0.584. The van der Waals surface area contributed by atoms with Crippen LogP contribution in [0, 0.1) is 12.8 Å². The van der Waals surface area contributed by atoms with Crippen molar-refractivity contribution >= 4 is 34.0 Å². The summed E-state index contributed by atoms with van der Waals surface area (Å²) in [5, 5.41) is 9.65. The molecule has 0 spiro atoms. The largest absolute Gasteiger partial charge is 0.356 e. The number of aromatic nitrogens is 4. The van der Waals surface area contributed by atoms with Crippen molar-refractivity contribution in [3.8, 4) is 0 Å². The molecule has 1 N–H and O–H groups in total. The second kappa shape index (κ2) is 7.16. The van der Waals surface area contributed by atoms with Gasteiger partial charge in [0.05, 0.1) is 0 Å². The highest BCUT2D eigenvalue weighted by atomic mass is 16.1. The predicted molar refractivity (Wildman–Crippen MR) is 113 cm³/mol. The zero-order valence-corrected chi connectivity index (χ0v) is 16.2. The van der Waals surface area contributed by atoms with E-state index in [0.717, 1.165) is 53.9 Å². The fraction of sp³-hybridized carbons (Fsp3) is 0.273. The van der Waals surface area contributed by atoms with Gasteiger partial charge in [0.15, 0.2) is 0 Å². The maximum atomic E-state index is 12.9. The van der Waals surface area contributed by atoms with Crippen molar-refractivity contribution < 1.29 is 4.79 Å². The minimum absolute atomic E-state index is 0.000565. The molecule has 4 aromatic rings. The molecule has 7 heteroatoms. The summed E-state index contributed by atoms with van der Waals surface area (Å²) < 4.78 is 1.77. The molecule has 0 saturated carbocycles. The van der Waals surface area contributed by atoms with Crippen LogP contribution in [0.5, 0.6) is 0 Å². The Morgan fingerprint density at radius 1 is 1.10 bits per heavy atom. The highest BCUT2D eigenvalue weighted by Crippen LogP contribution is 2.27. The number of carbonyl (C=O) groups is 1. The zero-order chi connectivity index (χ0) is 19.8. The van der Waals surface area contributed by atoms with Crippen LogP contribution in [0.15, 0.2) is 54.9 Å². The number of hydrogen-bond donors (Lipinski definition) is 1. The van der Waals surface area contributed by atoms with E-state index in [1.165, 1.54) is 6.33 Å². The normalized spacial score (nSPS) is 15.1. The van der Waals surface area contributed by atoms with Crippen molar-refractivity contribution in [2.75, 3.05) is 23.3 Å². The molecule has 7 nitrogen and oxygen atoms in total. The number of nitrogens with one attached hydrogen (secondary N) is 1. The van der Waals surface area contributed by atoms with Gasteiger partial charge in [-0.3, -0.25) is 4.79 Å². The Morgan fingerprint density at radius 3 is 2.76 bits per heavy atom. The van der Waals surface area contributed by atoms with E-state index in [4.69, 9.17) is 0 Å². The number of carbonyl (C=O) groups excluding carboxylic acids is 1. The lowest BCUT2D eigenvalue weighted by atomic mass is 9.95. The number of anilines is 2. The van der Waals surface area contributed by atoms with Gasteiger partial charge in [-0.15, -0.1) is 0 Å². The second-order valence-corrected chi connectivity index (χ2v) is 7.50. The molecule has 29 heavy (non-hydrogen) atoms. The molecular formula is C22H22N6O. The van der Waals surface area contributed by atoms with Crippen LogP contribution < -0.4 is 10.2 Å². The first-order chi connectivity index (χ1) is 14.2. The maximum absolute atomic E-state index is 12.9. The van der Waals surface area contributed by atoms with Crippen LogP contribution in [-0.2, 0) is 4.79 Å². The molecule has 1 aliphatic rings. The molecule has 0 bridgehead atoms. The second-order valence-electron chi connectivity index (χ2n) is 7.50. The summed E-state index contributed by atoms with van der Waals surface area (Å²) in [6.45, 7) is 3.56. The number of fused-ring (bicyclic) bond motifs is 2. The zero-order valence-electron chi connectivity index (χ0n) is 16.2. The van der Waals surface area contributed by atoms with E-state index in [0.29, 0.717) is 5.78 Å². The van der Waals surface area contributed by atoms with E-state index in [9.17, 15) is 4.79 Å². The maximum Gasteiger partial charge on any atom is 0.254 e. The number of nitrogens with zero attached hydrogens (tertiary/aromatic N) is 5. The molecule has 3 heterocycles. The van der Waals surface area contributed by atoms with Gasteiger partial charge in [-0.05, 0) is 31.2 Å². The predicted octanol–water partition coefficient (Wildman–Crippen LogP) is 3.44. The van der Waals surface area contributed by atoms with Gasteiger partial charge >= 0.3 is 0 Å². The van der Waals surface area contributed by atoms with Crippen molar-refractivity contribution in [3.05, 3.63) is 60.6 Å². The van der Waals surface area contributed by atoms with Gasteiger partial charge in [0.2, 0.25) is 5.91 Å². The minimum atomic E-state index is -0.000565. The van der Waals surface area contributed by atoms with Crippen molar-refractivity contribution in [2.45, 2.75) is 19.8 Å². The van der Waals surface area contributed by atoms with Crippen LogP contribution in [0.25, 0.3) is 16.6 Å². The Balaban J connectivity index is 1.30. The first-order valence-corrected chi connectivity index (χ1v) is 9.90. The summed E-state index contributed by atoms with van der Waals surface area (Å²) in [7, 11) is 0. The van der Waals surface area contributed by atoms with Crippen molar-refractivity contribution in [1.82, 2.24) is 19.6 Å². The van der Waals surface area contributed by atoms with Gasteiger partial charge in [-0.2, -0.15) is 14.6 Å². The molecule has 2 aromatic carbocycles. The molecule has 2 aromatic heterocycles. The summed E-state index contributed by atoms with van der Waals surface area (Å²) >= 11 is 0. The number of rotatable bonds is 3. The van der Waals surface area contributed by atoms with Gasteiger partial charge in [-0.1, -0.05) is 36.4 Å². The average molecular weight is 386 g/mol. The lowest BCUT2D eigenvalue weighted by Crippen LogP contribution is -2.39. The number of aryl methyl sites for hydroxylation is 1. The number of hydrogen-bond acceptors (Lipinski definition) is 5. The van der Waals surface area contributed by atoms with E-state index in [2.05, 4.69) is 37.4 Å². The lowest BCUT2D eigenvalue weighted by molar-refractivity contribution is -0.120. The molecular weight excluding hydrogens is 364 g/mol. The van der Waals surface area contributed by atoms with Gasteiger partial charge in [0.1, 0.15) is 12.1 Å². The summed E-state index contributed by atoms with van der Waals surface area (Å²) in [5.74, 6) is 1.69.